The van der Waals surface area contributed by atoms with E-state index in [9.17, 15) is 5.11 Å². The van der Waals surface area contributed by atoms with Crippen molar-refractivity contribution >= 4 is 5.69 Å². The highest BCUT2D eigenvalue weighted by atomic mass is 16.5. The molecule has 44 heavy (non-hydrogen) atoms. The predicted octanol–water partition coefficient (Wildman–Crippen LogP) is 8.42. The minimum absolute atomic E-state index is 0.225. The molecule has 0 amide bonds. The first-order chi connectivity index (χ1) is 21.1. The Morgan fingerprint density at radius 2 is 1.43 bits per heavy atom. The van der Waals surface area contributed by atoms with E-state index in [1.54, 1.807) is 20.3 Å². The van der Waals surface area contributed by atoms with Crippen LogP contribution in [0.15, 0.2) is 60.7 Å². The van der Waals surface area contributed by atoms with Crippen LogP contribution in [0.5, 0.6) is 23.0 Å². The number of hydrogen-bond acceptors (Lipinski definition) is 6. The Bertz CT molecular complexity index is 1320. The molecule has 0 atom stereocenters. The van der Waals surface area contributed by atoms with Gasteiger partial charge in [0, 0.05) is 42.5 Å². The van der Waals surface area contributed by atoms with Gasteiger partial charge in [-0.1, -0.05) is 18.2 Å². The van der Waals surface area contributed by atoms with Crippen molar-refractivity contribution in [1.82, 2.24) is 4.90 Å². The zero-order chi connectivity index (χ0) is 31.7. The zero-order valence-electron chi connectivity index (χ0n) is 28.1. The first-order valence-electron chi connectivity index (χ1n) is 16.3. The second kappa shape index (κ2) is 15.1. The van der Waals surface area contributed by atoms with E-state index in [2.05, 4.69) is 74.8 Å². The lowest BCUT2D eigenvalue weighted by molar-refractivity contribution is -0.0340. The van der Waals surface area contributed by atoms with Gasteiger partial charge >= 0.3 is 0 Å². The van der Waals surface area contributed by atoms with Crippen LogP contribution < -0.4 is 19.1 Å². The molecule has 1 saturated heterocycles. The molecule has 0 radical (unpaired) electrons. The van der Waals surface area contributed by atoms with Gasteiger partial charge in [0.25, 0.3) is 0 Å². The molecule has 6 heteroatoms. The lowest BCUT2D eigenvalue weighted by atomic mass is 9.80. The summed E-state index contributed by atoms with van der Waals surface area (Å²) in [5.41, 5.74) is 5.58. The van der Waals surface area contributed by atoms with Crippen LogP contribution in [0.2, 0.25) is 0 Å². The van der Waals surface area contributed by atoms with Gasteiger partial charge in [0.05, 0.1) is 14.2 Å². The van der Waals surface area contributed by atoms with Crippen LogP contribution in [-0.4, -0.2) is 55.0 Å². The molecule has 3 aromatic carbocycles. The summed E-state index contributed by atoms with van der Waals surface area (Å²) in [6.07, 6.45) is 8.71. The molecule has 0 unspecified atom stereocenters. The lowest BCUT2D eigenvalue weighted by Gasteiger charge is -2.53. The lowest BCUT2D eigenvalue weighted by Crippen LogP contribution is -2.59. The number of fused-ring (bicyclic) bond motifs is 1. The number of ether oxygens (including phenoxy) is 3. The molecule has 0 saturated carbocycles. The summed E-state index contributed by atoms with van der Waals surface area (Å²) >= 11 is 0. The summed E-state index contributed by atoms with van der Waals surface area (Å²) in [6, 6.07) is 20.3. The average molecular weight is 603 g/mol. The van der Waals surface area contributed by atoms with Gasteiger partial charge < -0.3 is 24.2 Å². The molecule has 1 aliphatic carbocycles. The molecule has 0 aromatic heterocycles. The van der Waals surface area contributed by atoms with Crippen molar-refractivity contribution in [2.24, 2.45) is 0 Å². The van der Waals surface area contributed by atoms with E-state index in [0.717, 1.165) is 49.0 Å². The van der Waals surface area contributed by atoms with E-state index in [-0.39, 0.29) is 11.1 Å². The van der Waals surface area contributed by atoms with Crippen LogP contribution in [0.3, 0.4) is 0 Å². The van der Waals surface area contributed by atoms with E-state index < -0.39 is 0 Å². The topological polar surface area (TPSA) is 54.4 Å². The first kappa shape index (κ1) is 33.5. The molecule has 1 aliphatic heterocycles. The minimum atomic E-state index is 0.225. The van der Waals surface area contributed by atoms with Crippen molar-refractivity contribution in [1.29, 1.82) is 0 Å². The summed E-state index contributed by atoms with van der Waals surface area (Å²) in [7, 11) is 3.33. The van der Waals surface area contributed by atoms with Crippen molar-refractivity contribution in [3.8, 4) is 23.0 Å². The van der Waals surface area contributed by atoms with Crippen LogP contribution in [0.25, 0.3) is 0 Å². The molecule has 1 fully saturated rings. The number of aryl methyl sites for hydroxylation is 2. The molecule has 2 aliphatic rings. The molecule has 1 N–H and O–H groups in total. The van der Waals surface area contributed by atoms with Gasteiger partial charge in [0.1, 0.15) is 18.1 Å². The van der Waals surface area contributed by atoms with Crippen LogP contribution in [0.1, 0.15) is 83.4 Å². The fourth-order valence-electron chi connectivity index (χ4n) is 6.94. The van der Waals surface area contributed by atoms with Gasteiger partial charge in [-0.25, -0.2) is 0 Å². The third kappa shape index (κ3) is 8.62. The first-order valence-corrected chi connectivity index (χ1v) is 16.3. The number of phenolic OH excluding ortho intramolecular Hbond substituents is 1. The Morgan fingerprint density at radius 1 is 0.773 bits per heavy atom. The summed E-state index contributed by atoms with van der Waals surface area (Å²) < 4.78 is 17.0. The van der Waals surface area contributed by atoms with Gasteiger partial charge in [-0.3, -0.25) is 4.90 Å². The Hall–Kier alpha value is -3.38. The number of likely N-dealkylation sites (tertiary alicyclic amines) is 1. The fourth-order valence-corrected chi connectivity index (χ4v) is 6.94. The number of methoxy groups -OCH3 is 2. The number of piperidine rings is 1. The van der Waals surface area contributed by atoms with E-state index in [4.69, 9.17) is 14.2 Å². The maximum absolute atomic E-state index is 9.19. The number of nitrogens with zero attached hydrogens (tertiary/aromatic N) is 2. The normalized spacial score (nSPS) is 17.1. The number of benzene rings is 3. The molecule has 3 aromatic rings. The largest absolute Gasteiger partial charge is 0.508 e. The van der Waals surface area contributed by atoms with Crippen molar-refractivity contribution in [3.05, 3.63) is 77.4 Å². The highest BCUT2D eigenvalue weighted by Gasteiger charge is 2.40. The van der Waals surface area contributed by atoms with Gasteiger partial charge in [-0.05, 0) is 133 Å². The Kier molecular flexibility index (Phi) is 11.5. The van der Waals surface area contributed by atoms with Crippen molar-refractivity contribution < 1.29 is 19.3 Å². The third-order valence-corrected chi connectivity index (χ3v) is 9.37. The second-order valence-electron chi connectivity index (χ2n) is 13.3. The molecule has 1 heterocycles. The highest BCUT2D eigenvalue weighted by molar-refractivity contribution is 5.56. The van der Waals surface area contributed by atoms with Gasteiger partial charge in [-0.2, -0.15) is 0 Å². The summed E-state index contributed by atoms with van der Waals surface area (Å²) in [5, 5.41) is 9.19. The van der Waals surface area contributed by atoms with Crippen molar-refractivity contribution in [2.75, 3.05) is 38.8 Å². The molecule has 0 spiro atoms. The van der Waals surface area contributed by atoms with E-state index in [0.29, 0.717) is 12.4 Å². The number of phenols is 1. The second-order valence-corrected chi connectivity index (χ2v) is 13.3. The van der Waals surface area contributed by atoms with Gasteiger partial charge in [0.2, 0.25) is 0 Å². The average Bonchev–Trinajstić information content (AvgIpc) is 3.01. The van der Waals surface area contributed by atoms with E-state index in [1.807, 2.05) is 24.3 Å². The van der Waals surface area contributed by atoms with Gasteiger partial charge in [0.15, 0.2) is 11.5 Å². The smallest absolute Gasteiger partial charge is 0.162 e. The molecular weight excluding hydrogens is 548 g/mol. The molecule has 240 valence electrons. The highest BCUT2D eigenvalue weighted by Crippen LogP contribution is 2.38. The molecule has 5 rings (SSSR count). The van der Waals surface area contributed by atoms with E-state index in [1.165, 1.54) is 55.2 Å². The Labute approximate surface area is 265 Å². The number of hydrogen-bond donors (Lipinski definition) is 1. The molecular formula is C38H54N2O4. The fraction of sp³-hybridized carbons (Fsp3) is 0.526. The zero-order valence-corrected chi connectivity index (χ0v) is 28.1. The van der Waals surface area contributed by atoms with Crippen molar-refractivity contribution in [3.63, 3.8) is 0 Å². The monoisotopic (exact) mass is 602 g/mol. The third-order valence-electron chi connectivity index (χ3n) is 9.37. The SMILES string of the molecule is CCN(Cc1ccc(OCCN2C(C)(C)CCCC2(C)C)cc1)c1ccc(OC)c(OC)c1.Oc1ccc2c(c1)CCCC2. The van der Waals surface area contributed by atoms with Crippen LogP contribution >= 0.6 is 0 Å². The predicted molar refractivity (Wildman–Crippen MR) is 182 cm³/mol. The van der Waals surface area contributed by atoms with Crippen LogP contribution in [-0.2, 0) is 19.4 Å². The summed E-state index contributed by atoms with van der Waals surface area (Å²) in [6.45, 7) is 15.0. The quantitative estimate of drug-likeness (QED) is 0.251. The standard InChI is InChI=1S/C28H42N2O3.C10H12O/c1-8-29(23-12-15-25(31-6)26(20-23)32-7)21-22-10-13-24(14-11-22)33-19-18-30-27(2,3)16-9-17-28(30,4)5;11-10-6-5-8-3-1-2-4-9(8)7-10/h10-15,20H,8-9,16-19,21H2,1-7H3;5-7,11H,1-4H2. The number of aromatic hydroxyl groups is 1. The Balaban J connectivity index is 0.000000333. The van der Waals surface area contributed by atoms with Crippen LogP contribution in [0.4, 0.5) is 5.69 Å². The molecule has 0 bridgehead atoms. The number of anilines is 1. The number of rotatable bonds is 10. The summed E-state index contributed by atoms with van der Waals surface area (Å²) in [5.74, 6) is 2.83. The maximum atomic E-state index is 9.19. The van der Waals surface area contributed by atoms with Crippen LogP contribution in [0, 0.1) is 0 Å². The van der Waals surface area contributed by atoms with Crippen molar-refractivity contribution in [2.45, 2.75) is 97.2 Å². The summed E-state index contributed by atoms with van der Waals surface area (Å²) in [4.78, 5) is 4.94. The maximum Gasteiger partial charge on any atom is 0.162 e. The van der Waals surface area contributed by atoms with Gasteiger partial charge in [-0.15, -0.1) is 0 Å². The van der Waals surface area contributed by atoms with E-state index >= 15 is 0 Å². The Morgan fingerprint density at radius 3 is 2.07 bits per heavy atom. The minimum Gasteiger partial charge on any atom is -0.508 e. The molecule has 6 nitrogen and oxygen atoms in total.